The average molecular weight is 378 g/mol. The number of amides is 1. The van der Waals surface area contributed by atoms with Crippen LogP contribution in [0.4, 0.5) is 19.1 Å². The fourth-order valence-electron chi connectivity index (χ4n) is 3.20. The van der Waals surface area contributed by atoms with Gasteiger partial charge in [0.2, 0.25) is 11.9 Å². The van der Waals surface area contributed by atoms with Gasteiger partial charge in [-0.05, 0) is 36.8 Å². The minimum absolute atomic E-state index is 0.120. The highest BCUT2D eigenvalue weighted by Gasteiger charge is 2.32. The van der Waals surface area contributed by atoms with Crippen molar-refractivity contribution in [3.05, 3.63) is 53.9 Å². The zero-order chi connectivity index (χ0) is 19.3. The largest absolute Gasteiger partial charge is 0.433 e. The maximum absolute atomic E-state index is 12.7. The molecule has 1 aromatic heterocycles. The summed E-state index contributed by atoms with van der Waals surface area (Å²) in [6.45, 7) is 1.19. The number of benzene rings is 1. The van der Waals surface area contributed by atoms with Gasteiger partial charge in [-0.1, -0.05) is 30.3 Å². The van der Waals surface area contributed by atoms with Crippen molar-refractivity contribution in [3.63, 3.8) is 0 Å². The standard InChI is InChI=1S/C19H21F3N4O/c20-19(21,22)16-6-9-23-18(25-16)24-13-17(27)26-10-7-15(8-11-26)12-14-4-2-1-3-5-14/h1-6,9,15H,7-8,10-13H2,(H,23,24,25). The molecule has 0 radical (unpaired) electrons. The van der Waals surface area contributed by atoms with E-state index in [1.807, 2.05) is 18.2 Å². The molecule has 3 rings (SSSR count). The summed E-state index contributed by atoms with van der Waals surface area (Å²) >= 11 is 0. The van der Waals surface area contributed by atoms with Gasteiger partial charge in [0.25, 0.3) is 0 Å². The zero-order valence-corrected chi connectivity index (χ0v) is 14.7. The summed E-state index contributed by atoms with van der Waals surface area (Å²) in [6.07, 6.45) is -0.678. The molecule has 2 aromatic rings. The lowest BCUT2D eigenvalue weighted by molar-refractivity contribution is -0.141. The summed E-state index contributed by atoms with van der Waals surface area (Å²) in [5.41, 5.74) is 0.264. The molecule has 1 aliphatic heterocycles. The number of likely N-dealkylation sites (tertiary alicyclic amines) is 1. The van der Waals surface area contributed by atoms with Crippen LogP contribution in [0, 0.1) is 5.92 Å². The molecule has 0 atom stereocenters. The van der Waals surface area contributed by atoms with Gasteiger partial charge in [0.05, 0.1) is 6.54 Å². The third kappa shape index (κ3) is 5.42. The van der Waals surface area contributed by atoms with E-state index in [2.05, 4.69) is 27.4 Å². The number of aromatic nitrogens is 2. The Labute approximate surface area is 155 Å². The first-order valence-corrected chi connectivity index (χ1v) is 8.87. The molecule has 0 saturated carbocycles. The topological polar surface area (TPSA) is 58.1 Å². The van der Waals surface area contributed by atoms with Gasteiger partial charge in [0, 0.05) is 19.3 Å². The maximum Gasteiger partial charge on any atom is 0.433 e. The number of nitrogens with one attached hydrogen (secondary N) is 1. The Hall–Kier alpha value is -2.64. The van der Waals surface area contributed by atoms with Gasteiger partial charge in [-0.2, -0.15) is 13.2 Å². The Balaban J connectivity index is 1.46. The van der Waals surface area contributed by atoms with Gasteiger partial charge in [-0.3, -0.25) is 4.79 Å². The van der Waals surface area contributed by atoms with Crippen molar-refractivity contribution in [2.24, 2.45) is 5.92 Å². The van der Waals surface area contributed by atoms with Crippen LogP contribution in [0.15, 0.2) is 42.6 Å². The Morgan fingerprint density at radius 1 is 1.15 bits per heavy atom. The Morgan fingerprint density at radius 2 is 1.85 bits per heavy atom. The quantitative estimate of drug-likeness (QED) is 0.867. The molecule has 0 spiro atoms. The lowest BCUT2D eigenvalue weighted by atomic mass is 9.90. The number of hydrogen-bond donors (Lipinski definition) is 1. The highest BCUT2D eigenvalue weighted by molar-refractivity contribution is 5.80. The van der Waals surface area contributed by atoms with E-state index in [1.54, 1.807) is 4.90 Å². The van der Waals surface area contributed by atoms with Gasteiger partial charge in [0.1, 0.15) is 5.69 Å². The molecule has 144 valence electrons. The Morgan fingerprint density at radius 3 is 2.52 bits per heavy atom. The zero-order valence-electron chi connectivity index (χ0n) is 14.7. The summed E-state index contributed by atoms with van der Waals surface area (Å²) in [5.74, 6) is 0.183. The smallest absolute Gasteiger partial charge is 0.345 e. The maximum atomic E-state index is 12.7. The lowest BCUT2D eigenvalue weighted by Gasteiger charge is -2.32. The van der Waals surface area contributed by atoms with Gasteiger partial charge >= 0.3 is 6.18 Å². The summed E-state index contributed by atoms with van der Waals surface area (Å²) in [6, 6.07) is 11.1. The molecular weight excluding hydrogens is 357 g/mol. The van der Waals surface area contributed by atoms with Crippen molar-refractivity contribution in [2.45, 2.75) is 25.4 Å². The molecule has 1 saturated heterocycles. The van der Waals surface area contributed by atoms with Gasteiger partial charge < -0.3 is 10.2 Å². The predicted molar refractivity (Wildman–Crippen MR) is 95.0 cm³/mol. The van der Waals surface area contributed by atoms with Gasteiger partial charge in [0.15, 0.2) is 0 Å². The van der Waals surface area contributed by atoms with Crippen LogP contribution < -0.4 is 5.32 Å². The number of carbonyl (C=O) groups excluding carboxylic acids is 1. The number of hydrogen-bond acceptors (Lipinski definition) is 4. The first-order valence-electron chi connectivity index (χ1n) is 8.87. The first-order chi connectivity index (χ1) is 12.9. The molecule has 1 aromatic carbocycles. The number of rotatable bonds is 5. The molecule has 5 nitrogen and oxygen atoms in total. The third-order valence-corrected chi connectivity index (χ3v) is 4.68. The predicted octanol–water partition coefficient (Wildman–Crippen LogP) is 3.39. The van der Waals surface area contributed by atoms with E-state index in [-0.39, 0.29) is 18.4 Å². The molecule has 1 fully saturated rings. The molecule has 2 heterocycles. The number of halogens is 3. The van der Waals surface area contributed by atoms with Crippen molar-refractivity contribution in [2.75, 3.05) is 25.0 Å². The third-order valence-electron chi connectivity index (χ3n) is 4.68. The van der Waals surface area contributed by atoms with E-state index in [0.29, 0.717) is 19.0 Å². The van der Waals surface area contributed by atoms with Crippen LogP contribution in [0.25, 0.3) is 0 Å². The Bertz CT molecular complexity index is 759. The molecule has 0 unspecified atom stereocenters. The number of piperidine rings is 1. The van der Waals surface area contributed by atoms with Gasteiger partial charge in [-0.25, -0.2) is 9.97 Å². The molecule has 1 aliphatic rings. The van der Waals surface area contributed by atoms with Crippen molar-refractivity contribution in [1.82, 2.24) is 14.9 Å². The normalized spacial score (nSPS) is 15.6. The lowest BCUT2D eigenvalue weighted by Crippen LogP contribution is -2.41. The van der Waals surface area contributed by atoms with E-state index in [9.17, 15) is 18.0 Å². The molecule has 8 heteroatoms. The van der Waals surface area contributed by atoms with Crippen LogP contribution >= 0.6 is 0 Å². The number of nitrogens with zero attached hydrogens (tertiary/aromatic N) is 3. The molecule has 0 bridgehead atoms. The second kappa shape index (κ2) is 8.37. The van der Waals surface area contributed by atoms with E-state index in [0.717, 1.165) is 31.5 Å². The van der Waals surface area contributed by atoms with Crippen molar-refractivity contribution in [3.8, 4) is 0 Å². The fraction of sp³-hybridized carbons (Fsp3) is 0.421. The molecule has 0 aliphatic carbocycles. The number of anilines is 1. The van der Waals surface area contributed by atoms with Crippen LogP contribution in [0.2, 0.25) is 0 Å². The monoisotopic (exact) mass is 378 g/mol. The van der Waals surface area contributed by atoms with Crippen LogP contribution in [-0.4, -0.2) is 40.4 Å². The summed E-state index contributed by atoms with van der Waals surface area (Å²) in [7, 11) is 0. The average Bonchev–Trinajstić information content (AvgIpc) is 2.67. The van der Waals surface area contributed by atoms with Crippen molar-refractivity contribution >= 4 is 11.9 Å². The first kappa shape index (κ1) is 19.1. The second-order valence-electron chi connectivity index (χ2n) is 6.63. The molecule has 27 heavy (non-hydrogen) atoms. The minimum Gasteiger partial charge on any atom is -0.345 e. The van der Waals surface area contributed by atoms with Crippen LogP contribution in [0.3, 0.4) is 0 Å². The fourth-order valence-corrected chi connectivity index (χ4v) is 3.20. The van der Waals surface area contributed by atoms with Crippen molar-refractivity contribution in [1.29, 1.82) is 0 Å². The van der Waals surface area contributed by atoms with Crippen LogP contribution in [0.1, 0.15) is 24.1 Å². The highest BCUT2D eigenvalue weighted by atomic mass is 19.4. The van der Waals surface area contributed by atoms with E-state index >= 15 is 0 Å². The molecule has 1 N–H and O–H groups in total. The minimum atomic E-state index is -4.54. The van der Waals surface area contributed by atoms with E-state index in [4.69, 9.17) is 0 Å². The molecule has 1 amide bonds. The Kier molecular flexibility index (Phi) is 5.93. The van der Waals surface area contributed by atoms with Gasteiger partial charge in [-0.15, -0.1) is 0 Å². The van der Waals surface area contributed by atoms with Crippen molar-refractivity contribution < 1.29 is 18.0 Å². The van der Waals surface area contributed by atoms with Crippen LogP contribution in [0.5, 0.6) is 0 Å². The summed E-state index contributed by atoms with van der Waals surface area (Å²) in [5, 5.41) is 2.59. The molecular formula is C19H21F3N4O. The highest BCUT2D eigenvalue weighted by Crippen LogP contribution is 2.27. The SMILES string of the molecule is O=C(CNc1nccc(C(F)(F)F)n1)N1CCC(Cc2ccccc2)CC1. The summed E-state index contributed by atoms with van der Waals surface area (Å²) < 4.78 is 38.0. The van der Waals surface area contributed by atoms with E-state index < -0.39 is 11.9 Å². The number of carbonyl (C=O) groups is 1. The second-order valence-corrected chi connectivity index (χ2v) is 6.63. The van der Waals surface area contributed by atoms with Crippen LogP contribution in [-0.2, 0) is 17.4 Å². The number of alkyl halides is 3. The van der Waals surface area contributed by atoms with E-state index in [1.165, 1.54) is 5.56 Å². The summed E-state index contributed by atoms with van der Waals surface area (Å²) in [4.78, 5) is 21.2.